The molecular formula is C24H32N4O7. The van der Waals surface area contributed by atoms with Crippen molar-refractivity contribution in [2.24, 2.45) is 0 Å². The third kappa shape index (κ3) is 5.90. The van der Waals surface area contributed by atoms with Crippen LogP contribution < -0.4 is 16.6 Å². The van der Waals surface area contributed by atoms with E-state index < -0.39 is 40.4 Å². The third-order valence-electron chi connectivity index (χ3n) is 5.73. The first kappa shape index (κ1) is 26.0. The number of carbonyl (C=O) groups excluding carboxylic acids is 3. The second-order valence-corrected chi connectivity index (χ2v) is 9.61. The number of H-pyrrole nitrogens is 1. The summed E-state index contributed by atoms with van der Waals surface area (Å²) in [5, 5.41) is 3.18. The van der Waals surface area contributed by atoms with Crippen LogP contribution in [0.25, 0.3) is 10.9 Å². The quantitative estimate of drug-likeness (QED) is 0.591. The number of likely N-dealkylation sites (tertiary alicyclic amines) is 1. The van der Waals surface area contributed by atoms with Crippen LogP contribution in [0.3, 0.4) is 0 Å². The zero-order valence-corrected chi connectivity index (χ0v) is 20.7. The molecule has 1 aromatic heterocycles. The number of carbonyl (C=O) groups is 3. The molecular weight excluding hydrogens is 456 g/mol. The lowest BCUT2D eigenvalue weighted by Gasteiger charge is -2.30. The van der Waals surface area contributed by atoms with Crippen molar-refractivity contribution in [3.05, 3.63) is 44.6 Å². The van der Waals surface area contributed by atoms with E-state index in [1.54, 1.807) is 34.6 Å². The van der Waals surface area contributed by atoms with E-state index >= 15 is 0 Å². The summed E-state index contributed by atoms with van der Waals surface area (Å²) < 4.78 is 11.6. The van der Waals surface area contributed by atoms with E-state index in [2.05, 4.69) is 10.3 Å². The predicted octanol–water partition coefficient (Wildman–Crippen LogP) is 1.77. The van der Waals surface area contributed by atoms with Crippen LogP contribution >= 0.6 is 0 Å². The fourth-order valence-electron chi connectivity index (χ4n) is 4.13. The second kappa shape index (κ2) is 9.93. The summed E-state index contributed by atoms with van der Waals surface area (Å²) in [6, 6.07) is 4.39. The molecule has 0 spiro atoms. The molecule has 1 aromatic carbocycles. The maximum absolute atomic E-state index is 13.2. The van der Waals surface area contributed by atoms with Crippen molar-refractivity contribution in [2.45, 2.75) is 65.1 Å². The summed E-state index contributed by atoms with van der Waals surface area (Å²) in [6.45, 7) is 9.41. The predicted molar refractivity (Wildman–Crippen MR) is 128 cm³/mol. The van der Waals surface area contributed by atoms with Crippen LogP contribution in [0.15, 0.2) is 27.8 Å². The topological polar surface area (TPSA) is 140 Å². The lowest BCUT2D eigenvalue weighted by atomic mass is 9.93. The maximum atomic E-state index is 13.2. The highest BCUT2D eigenvalue weighted by Crippen LogP contribution is 2.28. The molecule has 0 radical (unpaired) electrons. The molecule has 35 heavy (non-hydrogen) atoms. The molecule has 1 saturated heterocycles. The van der Waals surface area contributed by atoms with E-state index in [9.17, 15) is 24.0 Å². The van der Waals surface area contributed by atoms with Crippen LogP contribution in [0.4, 0.5) is 4.79 Å². The van der Waals surface area contributed by atoms with Crippen LogP contribution in [0, 0.1) is 0 Å². The van der Waals surface area contributed by atoms with Gasteiger partial charge in [0.05, 0.1) is 29.5 Å². The van der Waals surface area contributed by atoms with Gasteiger partial charge in [-0.05, 0) is 59.2 Å². The molecule has 0 aliphatic carbocycles. The minimum Gasteiger partial charge on any atom is -0.466 e. The van der Waals surface area contributed by atoms with Crippen LogP contribution in [-0.4, -0.2) is 63.3 Å². The van der Waals surface area contributed by atoms with Crippen molar-refractivity contribution in [3.63, 3.8) is 0 Å². The van der Waals surface area contributed by atoms with E-state index in [0.29, 0.717) is 6.42 Å². The minimum absolute atomic E-state index is 0.0675. The molecule has 2 heterocycles. The smallest absolute Gasteiger partial charge is 0.410 e. The van der Waals surface area contributed by atoms with Gasteiger partial charge in [0.25, 0.3) is 11.5 Å². The summed E-state index contributed by atoms with van der Waals surface area (Å²) in [4.78, 5) is 66.9. The maximum Gasteiger partial charge on any atom is 0.410 e. The van der Waals surface area contributed by atoms with E-state index in [1.165, 1.54) is 23.1 Å². The van der Waals surface area contributed by atoms with Crippen LogP contribution in [0.2, 0.25) is 0 Å². The van der Waals surface area contributed by atoms with Crippen LogP contribution in [0.5, 0.6) is 0 Å². The molecule has 1 atom stereocenters. The number of amides is 2. The molecule has 2 N–H and O–H groups in total. The van der Waals surface area contributed by atoms with Gasteiger partial charge < -0.3 is 24.7 Å². The standard InChI is InChI=1S/C24H32N4O7/c1-6-28-20(31)16-9-8-15(12-17(16)25-21(28)32)19(30)26-24(13-18(29)34-7-2)10-11-27(14-24)22(33)35-23(3,4)5/h8-9,12H,6-7,10-11,13-14H2,1-5H3,(H,25,32)(H,26,30). The lowest BCUT2D eigenvalue weighted by molar-refractivity contribution is -0.144. The molecule has 0 bridgehead atoms. The van der Waals surface area contributed by atoms with E-state index in [1.807, 2.05) is 0 Å². The molecule has 3 rings (SSSR count). The summed E-state index contributed by atoms with van der Waals surface area (Å²) >= 11 is 0. The van der Waals surface area contributed by atoms with Crippen molar-refractivity contribution in [1.82, 2.24) is 19.8 Å². The molecule has 1 fully saturated rings. The molecule has 0 saturated carbocycles. The van der Waals surface area contributed by atoms with Gasteiger partial charge in [0.15, 0.2) is 0 Å². The summed E-state index contributed by atoms with van der Waals surface area (Å²) in [5.74, 6) is -1.01. The molecule has 2 amide bonds. The van der Waals surface area contributed by atoms with Gasteiger partial charge in [-0.1, -0.05) is 0 Å². The molecule has 2 aromatic rings. The third-order valence-corrected chi connectivity index (χ3v) is 5.73. The number of hydrogen-bond acceptors (Lipinski definition) is 7. The SMILES string of the molecule is CCOC(=O)CC1(NC(=O)c2ccc3c(=O)n(CC)c(=O)[nH]c3c2)CCN(C(=O)OC(C)(C)C)C1. The number of nitrogens with one attached hydrogen (secondary N) is 2. The second-order valence-electron chi connectivity index (χ2n) is 9.61. The Morgan fingerprint density at radius 3 is 2.51 bits per heavy atom. The van der Waals surface area contributed by atoms with Crippen molar-refractivity contribution in [2.75, 3.05) is 19.7 Å². The molecule has 190 valence electrons. The van der Waals surface area contributed by atoms with Crippen LogP contribution in [-0.2, 0) is 20.8 Å². The van der Waals surface area contributed by atoms with E-state index in [0.717, 1.165) is 4.57 Å². The fraction of sp³-hybridized carbons (Fsp3) is 0.542. The van der Waals surface area contributed by atoms with E-state index in [-0.39, 0.29) is 49.1 Å². The normalized spacial score (nSPS) is 17.9. The number of rotatable bonds is 6. The van der Waals surface area contributed by atoms with E-state index in [4.69, 9.17) is 9.47 Å². The Balaban J connectivity index is 1.89. The lowest BCUT2D eigenvalue weighted by Crippen LogP contribution is -2.52. The number of nitrogens with zero attached hydrogens (tertiary/aromatic N) is 2. The van der Waals surface area contributed by atoms with Gasteiger partial charge in [-0.25, -0.2) is 9.59 Å². The molecule has 1 aliphatic rings. The highest BCUT2D eigenvalue weighted by Gasteiger charge is 2.44. The van der Waals surface area contributed by atoms with Gasteiger partial charge in [-0.3, -0.25) is 19.0 Å². The number of aromatic nitrogens is 2. The Morgan fingerprint density at radius 2 is 1.89 bits per heavy atom. The number of esters is 1. The zero-order chi connectivity index (χ0) is 26.0. The van der Waals surface area contributed by atoms with Gasteiger partial charge in [-0.15, -0.1) is 0 Å². The molecule has 1 aliphatic heterocycles. The first-order chi connectivity index (χ1) is 16.4. The number of fused-ring (bicyclic) bond motifs is 1. The first-order valence-electron chi connectivity index (χ1n) is 11.6. The summed E-state index contributed by atoms with van der Waals surface area (Å²) in [7, 11) is 0. The number of ether oxygens (including phenoxy) is 2. The molecule has 1 unspecified atom stereocenters. The average Bonchev–Trinajstić information content (AvgIpc) is 3.16. The molecule has 11 nitrogen and oxygen atoms in total. The number of aromatic amines is 1. The Morgan fingerprint density at radius 1 is 1.17 bits per heavy atom. The Labute approximate surface area is 202 Å². The minimum atomic E-state index is -1.06. The van der Waals surface area contributed by atoms with Crippen molar-refractivity contribution in [1.29, 1.82) is 0 Å². The van der Waals surface area contributed by atoms with Gasteiger partial charge >= 0.3 is 17.8 Å². The van der Waals surface area contributed by atoms with Gasteiger partial charge in [0.2, 0.25) is 0 Å². The average molecular weight is 489 g/mol. The van der Waals surface area contributed by atoms with Crippen molar-refractivity contribution < 1.29 is 23.9 Å². The van der Waals surface area contributed by atoms with Gasteiger partial charge in [0.1, 0.15) is 5.60 Å². The Bertz CT molecular complexity index is 1260. The monoisotopic (exact) mass is 488 g/mol. The Hall–Kier alpha value is -3.63. The van der Waals surface area contributed by atoms with Gasteiger partial charge in [-0.2, -0.15) is 0 Å². The number of hydrogen-bond donors (Lipinski definition) is 2. The summed E-state index contributed by atoms with van der Waals surface area (Å²) in [6.07, 6.45) is -0.340. The van der Waals surface area contributed by atoms with Crippen LogP contribution in [0.1, 0.15) is 57.8 Å². The fourth-order valence-corrected chi connectivity index (χ4v) is 4.13. The molecule has 11 heteroatoms. The zero-order valence-electron chi connectivity index (χ0n) is 20.7. The van der Waals surface area contributed by atoms with Crippen molar-refractivity contribution in [3.8, 4) is 0 Å². The Kier molecular flexibility index (Phi) is 7.37. The first-order valence-corrected chi connectivity index (χ1v) is 11.6. The van der Waals surface area contributed by atoms with Crippen molar-refractivity contribution >= 4 is 28.9 Å². The highest BCUT2D eigenvalue weighted by molar-refractivity contribution is 5.98. The largest absolute Gasteiger partial charge is 0.466 e. The van der Waals surface area contributed by atoms with Gasteiger partial charge in [0, 0.05) is 25.2 Å². The number of benzene rings is 1. The summed E-state index contributed by atoms with van der Waals surface area (Å²) in [5.41, 5.74) is -2.33. The highest BCUT2D eigenvalue weighted by atomic mass is 16.6.